The SMILES string of the molecule is COCCN(C)c1ccc(CN2CCCc3c(N)cccc32)cn1. The highest BCUT2D eigenvalue weighted by Gasteiger charge is 2.18. The first-order valence-electron chi connectivity index (χ1n) is 8.46. The third-order valence-corrected chi connectivity index (χ3v) is 4.59. The van der Waals surface area contributed by atoms with Gasteiger partial charge in [-0.1, -0.05) is 12.1 Å². The molecule has 0 unspecified atom stereocenters. The van der Waals surface area contributed by atoms with Crippen LogP contribution in [-0.2, 0) is 17.7 Å². The molecule has 1 aromatic carbocycles. The van der Waals surface area contributed by atoms with Gasteiger partial charge in [-0.2, -0.15) is 0 Å². The number of fused-ring (bicyclic) bond motifs is 1. The summed E-state index contributed by atoms with van der Waals surface area (Å²) < 4.78 is 5.11. The second kappa shape index (κ2) is 7.53. The number of rotatable bonds is 6. The van der Waals surface area contributed by atoms with E-state index in [2.05, 4.69) is 33.0 Å². The quantitative estimate of drug-likeness (QED) is 0.827. The van der Waals surface area contributed by atoms with Crippen LogP contribution in [-0.4, -0.2) is 38.8 Å². The molecule has 0 atom stereocenters. The molecule has 2 N–H and O–H groups in total. The Labute approximate surface area is 144 Å². The van der Waals surface area contributed by atoms with Crippen LogP contribution in [0.5, 0.6) is 0 Å². The maximum absolute atomic E-state index is 6.14. The zero-order valence-corrected chi connectivity index (χ0v) is 14.5. The Bertz CT molecular complexity index is 672. The summed E-state index contributed by atoms with van der Waals surface area (Å²) in [6, 6.07) is 10.4. The van der Waals surface area contributed by atoms with Gasteiger partial charge in [0.15, 0.2) is 0 Å². The van der Waals surface area contributed by atoms with E-state index >= 15 is 0 Å². The number of likely N-dealkylation sites (N-methyl/N-ethyl adjacent to an activating group) is 1. The molecule has 0 spiro atoms. The number of hydrogen-bond acceptors (Lipinski definition) is 5. The molecule has 0 radical (unpaired) electrons. The maximum atomic E-state index is 6.14. The van der Waals surface area contributed by atoms with Crippen molar-refractivity contribution >= 4 is 17.2 Å². The van der Waals surface area contributed by atoms with Gasteiger partial charge in [0.05, 0.1) is 6.61 Å². The minimum atomic E-state index is 0.700. The molecule has 1 aromatic heterocycles. The van der Waals surface area contributed by atoms with Gasteiger partial charge in [0.2, 0.25) is 0 Å². The zero-order chi connectivity index (χ0) is 16.9. The van der Waals surface area contributed by atoms with E-state index in [1.165, 1.54) is 16.8 Å². The van der Waals surface area contributed by atoms with Gasteiger partial charge in [0.25, 0.3) is 0 Å². The second-order valence-corrected chi connectivity index (χ2v) is 6.31. The molecule has 1 aliphatic heterocycles. The number of pyridine rings is 1. The van der Waals surface area contributed by atoms with Crippen molar-refractivity contribution in [3.8, 4) is 0 Å². The van der Waals surface area contributed by atoms with Crippen LogP contribution in [0.15, 0.2) is 36.5 Å². The predicted molar refractivity (Wildman–Crippen MR) is 99.6 cm³/mol. The highest BCUT2D eigenvalue weighted by atomic mass is 16.5. The van der Waals surface area contributed by atoms with Gasteiger partial charge in [0, 0.05) is 51.4 Å². The Morgan fingerprint density at radius 3 is 2.92 bits per heavy atom. The fourth-order valence-corrected chi connectivity index (χ4v) is 3.19. The van der Waals surface area contributed by atoms with Gasteiger partial charge in [-0.15, -0.1) is 0 Å². The highest BCUT2D eigenvalue weighted by Crippen LogP contribution is 2.32. The smallest absolute Gasteiger partial charge is 0.128 e. The summed E-state index contributed by atoms with van der Waals surface area (Å²) in [6.07, 6.45) is 4.19. The predicted octanol–water partition coefficient (Wildman–Crippen LogP) is 2.70. The average molecular weight is 326 g/mol. The minimum Gasteiger partial charge on any atom is -0.398 e. The molecule has 1 aliphatic rings. The van der Waals surface area contributed by atoms with Crippen LogP contribution in [0.4, 0.5) is 17.2 Å². The van der Waals surface area contributed by atoms with E-state index in [1.807, 2.05) is 25.4 Å². The first-order valence-corrected chi connectivity index (χ1v) is 8.46. The topological polar surface area (TPSA) is 54.6 Å². The lowest BCUT2D eigenvalue weighted by Gasteiger charge is -2.32. The number of methoxy groups -OCH3 is 1. The van der Waals surface area contributed by atoms with E-state index < -0.39 is 0 Å². The first-order chi connectivity index (χ1) is 11.7. The minimum absolute atomic E-state index is 0.700. The summed E-state index contributed by atoms with van der Waals surface area (Å²) in [5.74, 6) is 0.971. The third-order valence-electron chi connectivity index (χ3n) is 4.59. The van der Waals surface area contributed by atoms with E-state index in [4.69, 9.17) is 10.5 Å². The summed E-state index contributed by atoms with van der Waals surface area (Å²) in [6.45, 7) is 3.46. The van der Waals surface area contributed by atoms with Crippen LogP contribution in [0.25, 0.3) is 0 Å². The lowest BCUT2D eigenvalue weighted by molar-refractivity contribution is 0.206. The van der Waals surface area contributed by atoms with Gasteiger partial charge in [-0.25, -0.2) is 4.98 Å². The summed E-state index contributed by atoms with van der Waals surface area (Å²) in [5, 5.41) is 0. The highest BCUT2D eigenvalue weighted by molar-refractivity contribution is 5.66. The van der Waals surface area contributed by atoms with Crippen molar-refractivity contribution in [2.24, 2.45) is 0 Å². The molecule has 128 valence electrons. The summed E-state index contributed by atoms with van der Waals surface area (Å²) >= 11 is 0. The van der Waals surface area contributed by atoms with Gasteiger partial charge in [-0.3, -0.25) is 0 Å². The first kappa shape index (κ1) is 16.6. The Morgan fingerprint density at radius 2 is 2.17 bits per heavy atom. The molecule has 0 saturated carbocycles. The Hall–Kier alpha value is -2.27. The third kappa shape index (κ3) is 3.62. The summed E-state index contributed by atoms with van der Waals surface area (Å²) in [4.78, 5) is 9.09. The van der Waals surface area contributed by atoms with Crippen molar-refractivity contribution in [1.29, 1.82) is 0 Å². The van der Waals surface area contributed by atoms with Gasteiger partial charge >= 0.3 is 0 Å². The lowest BCUT2D eigenvalue weighted by atomic mass is 9.99. The van der Waals surface area contributed by atoms with E-state index in [-0.39, 0.29) is 0 Å². The summed E-state index contributed by atoms with van der Waals surface area (Å²) in [5.41, 5.74) is 10.8. The van der Waals surface area contributed by atoms with Crippen molar-refractivity contribution in [1.82, 2.24) is 4.98 Å². The molecule has 0 bridgehead atoms. The van der Waals surface area contributed by atoms with Gasteiger partial charge in [-0.05, 0) is 42.2 Å². The Kier molecular flexibility index (Phi) is 5.20. The largest absolute Gasteiger partial charge is 0.398 e. The van der Waals surface area contributed by atoms with Crippen LogP contribution in [0.1, 0.15) is 17.5 Å². The normalized spacial score (nSPS) is 13.7. The van der Waals surface area contributed by atoms with Crippen LogP contribution < -0.4 is 15.5 Å². The zero-order valence-electron chi connectivity index (χ0n) is 14.5. The van der Waals surface area contributed by atoms with Crippen LogP contribution in [0.2, 0.25) is 0 Å². The number of nitrogens with zero attached hydrogens (tertiary/aromatic N) is 3. The Morgan fingerprint density at radius 1 is 1.29 bits per heavy atom. The van der Waals surface area contributed by atoms with Crippen molar-refractivity contribution < 1.29 is 4.74 Å². The number of benzene rings is 1. The van der Waals surface area contributed by atoms with E-state index in [1.54, 1.807) is 7.11 Å². The molecule has 24 heavy (non-hydrogen) atoms. The molecule has 0 saturated heterocycles. The number of hydrogen-bond donors (Lipinski definition) is 1. The maximum Gasteiger partial charge on any atom is 0.128 e. The molecule has 5 heteroatoms. The van der Waals surface area contributed by atoms with Crippen LogP contribution >= 0.6 is 0 Å². The molecular weight excluding hydrogens is 300 g/mol. The standard InChI is InChI=1S/C19H26N4O/c1-22(11-12-24-2)19-9-8-15(13-21-19)14-23-10-4-5-16-17(20)6-3-7-18(16)23/h3,6-9,13H,4-5,10-12,14,20H2,1-2H3. The molecule has 2 aromatic rings. The molecule has 0 amide bonds. The number of nitrogens with two attached hydrogens (primary N) is 1. The molecule has 0 aliphatic carbocycles. The second-order valence-electron chi connectivity index (χ2n) is 6.31. The molecule has 0 fully saturated rings. The van der Waals surface area contributed by atoms with E-state index in [9.17, 15) is 0 Å². The van der Waals surface area contributed by atoms with Crippen LogP contribution in [0.3, 0.4) is 0 Å². The molecule has 5 nitrogen and oxygen atoms in total. The number of aromatic nitrogens is 1. The fourth-order valence-electron chi connectivity index (χ4n) is 3.19. The lowest BCUT2D eigenvalue weighted by Crippen LogP contribution is -2.29. The number of ether oxygens (including phenoxy) is 1. The number of anilines is 3. The van der Waals surface area contributed by atoms with E-state index in [0.717, 1.165) is 44.0 Å². The van der Waals surface area contributed by atoms with Gasteiger partial charge < -0.3 is 20.3 Å². The molecule has 3 rings (SSSR count). The van der Waals surface area contributed by atoms with Crippen LogP contribution in [0, 0.1) is 0 Å². The van der Waals surface area contributed by atoms with Crippen molar-refractivity contribution in [2.45, 2.75) is 19.4 Å². The van der Waals surface area contributed by atoms with Crippen molar-refractivity contribution in [2.75, 3.05) is 49.4 Å². The number of nitrogen functional groups attached to an aromatic ring is 1. The van der Waals surface area contributed by atoms with Gasteiger partial charge in [0.1, 0.15) is 5.82 Å². The average Bonchev–Trinajstić information content (AvgIpc) is 2.61. The fraction of sp³-hybridized carbons (Fsp3) is 0.421. The van der Waals surface area contributed by atoms with Crippen molar-refractivity contribution in [3.05, 3.63) is 47.7 Å². The Balaban J connectivity index is 1.70. The molecule has 2 heterocycles. The molecular formula is C19H26N4O. The van der Waals surface area contributed by atoms with Crippen molar-refractivity contribution in [3.63, 3.8) is 0 Å². The monoisotopic (exact) mass is 326 g/mol. The summed E-state index contributed by atoms with van der Waals surface area (Å²) in [7, 11) is 3.75. The van der Waals surface area contributed by atoms with E-state index in [0.29, 0.717) is 6.61 Å².